The first-order valence-electron chi connectivity index (χ1n) is 9.68. The molecule has 2 aromatic carbocycles. The Balaban J connectivity index is 1.76. The third-order valence-corrected chi connectivity index (χ3v) is 5.93. The summed E-state index contributed by atoms with van der Waals surface area (Å²) in [7, 11) is 0. The maximum Gasteiger partial charge on any atom is 0.349 e. The Morgan fingerprint density at radius 1 is 1.16 bits per heavy atom. The molecule has 7 nitrogen and oxygen atoms in total. The van der Waals surface area contributed by atoms with Crippen molar-refractivity contribution in [2.24, 2.45) is 0 Å². The number of halogens is 2. The molecule has 2 N–H and O–H groups in total. The normalized spacial score (nSPS) is 17.2. The number of aromatic nitrogens is 2. The molecular weight excluding hydrogens is 453 g/mol. The molecule has 0 bridgehead atoms. The van der Waals surface area contributed by atoms with Gasteiger partial charge < -0.3 is 10.4 Å². The Kier molecular flexibility index (Phi) is 5.86. The molecule has 0 saturated heterocycles. The van der Waals surface area contributed by atoms with Crippen LogP contribution in [0, 0.1) is 0 Å². The van der Waals surface area contributed by atoms with Crippen LogP contribution in [0.25, 0.3) is 22.6 Å². The smallest absolute Gasteiger partial charge is 0.349 e. The highest BCUT2D eigenvalue weighted by Gasteiger charge is 2.27. The zero-order valence-electron chi connectivity index (χ0n) is 16.8. The van der Waals surface area contributed by atoms with E-state index in [9.17, 15) is 14.4 Å². The summed E-state index contributed by atoms with van der Waals surface area (Å²) < 4.78 is 1.68. The topological polar surface area (TPSA) is 101 Å². The van der Waals surface area contributed by atoms with Crippen molar-refractivity contribution in [1.82, 2.24) is 9.55 Å². The first kappa shape index (κ1) is 21.8. The number of allylic oxidation sites excluding steroid dienone is 1. The maximum atomic E-state index is 13.1. The standard InChI is InChI=1S/C23H17Cl2N3O4/c1-12-9-14(10-13-5-3-2-4-6-13)20-27-17-11-15(7-8-16(17)22(30)28(12)20)26-21(29)18(24)19(25)23(31)32/h2-8,10-12H,9H2,1H3,(H,26,29)(H,31,32). The van der Waals surface area contributed by atoms with E-state index in [1.165, 1.54) is 12.1 Å². The molecule has 1 aliphatic heterocycles. The average Bonchev–Trinajstić information content (AvgIpc) is 3.08. The van der Waals surface area contributed by atoms with E-state index < -0.39 is 21.9 Å². The molecule has 4 rings (SSSR count). The zero-order chi connectivity index (χ0) is 23.0. The Hall–Kier alpha value is -3.42. The second kappa shape index (κ2) is 8.61. The summed E-state index contributed by atoms with van der Waals surface area (Å²) in [5.74, 6) is -1.81. The minimum Gasteiger partial charge on any atom is -0.477 e. The Bertz CT molecular complexity index is 1380. The summed E-state index contributed by atoms with van der Waals surface area (Å²) in [5, 5.41) is 10.3. The molecule has 162 valence electrons. The minimum atomic E-state index is -1.51. The van der Waals surface area contributed by atoms with Crippen LogP contribution in [0.5, 0.6) is 0 Å². The maximum absolute atomic E-state index is 13.1. The van der Waals surface area contributed by atoms with Crippen LogP contribution in [0.3, 0.4) is 0 Å². The lowest BCUT2D eigenvalue weighted by molar-refractivity contribution is -0.132. The van der Waals surface area contributed by atoms with Crippen LogP contribution < -0.4 is 10.9 Å². The summed E-state index contributed by atoms with van der Waals surface area (Å²) in [6, 6.07) is 14.4. The first-order valence-corrected chi connectivity index (χ1v) is 10.4. The lowest BCUT2D eigenvalue weighted by Crippen LogP contribution is -2.23. The van der Waals surface area contributed by atoms with Gasteiger partial charge in [0.15, 0.2) is 0 Å². The highest BCUT2D eigenvalue weighted by Crippen LogP contribution is 2.34. The Labute approximate surface area is 192 Å². The number of benzene rings is 2. The van der Waals surface area contributed by atoms with Gasteiger partial charge in [-0.05, 0) is 48.8 Å². The van der Waals surface area contributed by atoms with E-state index in [0.717, 1.165) is 11.1 Å². The number of nitrogens with zero attached hydrogens (tertiary/aromatic N) is 2. The van der Waals surface area contributed by atoms with Crippen LogP contribution >= 0.6 is 23.2 Å². The molecule has 9 heteroatoms. The summed E-state index contributed by atoms with van der Waals surface area (Å²) in [6.45, 7) is 1.97. The fraction of sp³-hybridized carbons (Fsp3) is 0.130. The second-order valence-corrected chi connectivity index (χ2v) is 8.12. The van der Waals surface area contributed by atoms with Gasteiger partial charge in [0, 0.05) is 11.7 Å². The SMILES string of the molecule is CC1CC(=Cc2ccccc2)c2nc3cc(NC(=O)C(Cl)=C(Cl)C(=O)O)ccc3c(=O)n21. The van der Waals surface area contributed by atoms with Gasteiger partial charge in [0.25, 0.3) is 11.5 Å². The number of carboxylic acids is 1. The monoisotopic (exact) mass is 469 g/mol. The van der Waals surface area contributed by atoms with Crippen LogP contribution in [-0.2, 0) is 9.59 Å². The molecule has 2 heterocycles. The molecular formula is C23H17Cl2N3O4. The van der Waals surface area contributed by atoms with Crippen molar-refractivity contribution < 1.29 is 14.7 Å². The van der Waals surface area contributed by atoms with Gasteiger partial charge in [-0.2, -0.15) is 0 Å². The predicted octanol–water partition coefficient (Wildman–Crippen LogP) is 4.61. The van der Waals surface area contributed by atoms with Gasteiger partial charge in [0.1, 0.15) is 15.9 Å². The van der Waals surface area contributed by atoms with Gasteiger partial charge in [-0.3, -0.25) is 14.2 Å². The van der Waals surface area contributed by atoms with E-state index in [2.05, 4.69) is 5.32 Å². The molecule has 3 aromatic rings. The van der Waals surface area contributed by atoms with Crippen molar-refractivity contribution in [3.05, 3.63) is 80.3 Å². The molecule has 0 saturated carbocycles. The molecule has 0 fully saturated rings. The number of carbonyl (C=O) groups is 2. The van der Waals surface area contributed by atoms with E-state index in [1.54, 1.807) is 10.6 Å². The molecule has 1 atom stereocenters. The van der Waals surface area contributed by atoms with Gasteiger partial charge in [0.05, 0.1) is 10.9 Å². The van der Waals surface area contributed by atoms with E-state index in [0.29, 0.717) is 28.8 Å². The second-order valence-electron chi connectivity index (χ2n) is 7.36. The number of anilines is 1. The number of carbonyl (C=O) groups excluding carboxylic acids is 1. The van der Waals surface area contributed by atoms with Crippen molar-refractivity contribution in [3.8, 4) is 0 Å². The summed E-state index contributed by atoms with van der Waals surface area (Å²) >= 11 is 11.3. The van der Waals surface area contributed by atoms with Gasteiger partial charge in [0.2, 0.25) is 0 Å². The molecule has 1 unspecified atom stereocenters. The number of hydrogen-bond donors (Lipinski definition) is 2. The molecule has 1 amide bonds. The van der Waals surface area contributed by atoms with Crippen LogP contribution in [-0.4, -0.2) is 26.5 Å². The molecule has 0 spiro atoms. The van der Waals surface area contributed by atoms with E-state index in [-0.39, 0.29) is 11.6 Å². The lowest BCUT2D eigenvalue weighted by Gasteiger charge is -2.11. The highest BCUT2D eigenvalue weighted by molar-refractivity contribution is 6.54. The minimum absolute atomic E-state index is 0.0363. The quantitative estimate of drug-likeness (QED) is 0.543. The van der Waals surface area contributed by atoms with Crippen LogP contribution in [0.2, 0.25) is 0 Å². The average molecular weight is 470 g/mol. The van der Waals surface area contributed by atoms with Crippen molar-refractivity contribution in [1.29, 1.82) is 0 Å². The zero-order valence-corrected chi connectivity index (χ0v) is 18.3. The van der Waals surface area contributed by atoms with Crippen molar-refractivity contribution in [3.63, 3.8) is 0 Å². The van der Waals surface area contributed by atoms with Crippen LogP contribution in [0.4, 0.5) is 5.69 Å². The summed E-state index contributed by atoms with van der Waals surface area (Å²) in [6.07, 6.45) is 2.68. The Morgan fingerprint density at radius 3 is 2.56 bits per heavy atom. The third kappa shape index (κ3) is 4.04. The fourth-order valence-electron chi connectivity index (χ4n) is 3.67. The first-order chi connectivity index (χ1) is 15.3. The number of carboxylic acid groups (broad SMARTS) is 1. The van der Waals surface area contributed by atoms with Gasteiger partial charge >= 0.3 is 5.97 Å². The predicted molar refractivity (Wildman–Crippen MR) is 125 cm³/mol. The Morgan fingerprint density at radius 2 is 1.88 bits per heavy atom. The molecule has 1 aliphatic rings. The highest BCUT2D eigenvalue weighted by atomic mass is 35.5. The number of fused-ring (bicyclic) bond motifs is 2. The number of nitrogens with one attached hydrogen (secondary N) is 1. The molecule has 32 heavy (non-hydrogen) atoms. The van der Waals surface area contributed by atoms with Gasteiger partial charge in [-0.1, -0.05) is 53.5 Å². The van der Waals surface area contributed by atoms with Crippen molar-refractivity contribution in [2.75, 3.05) is 5.32 Å². The third-order valence-electron chi connectivity index (χ3n) is 5.12. The van der Waals surface area contributed by atoms with Crippen molar-refractivity contribution >= 4 is 63.3 Å². The number of amides is 1. The largest absolute Gasteiger partial charge is 0.477 e. The lowest BCUT2D eigenvalue weighted by atomic mass is 10.1. The molecule has 1 aromatic heterocycles. The van der Waals surface area contributed by atoms with E-state index in [1.807, 2.05) is 43.3 Å². The van der Waals surface area contributed by atoms with Crippen LogP contribution in [0.1, 0.15) is 30.8 Å². The molecule has 0 radical (unpaired) electrons. The van der Waals surface area contributed by atoms with E-state index in [4.69, 9.17) is 33.3 Å². The number of hydrogen-bond acceptors (Lipinski definition) is 4. The number of rotatable bonds is 4. The number of aliphatic carboxylic acids is 1. The van der Waals surface area contributed by atoms with Gasteiger partial charge in [-0.15, -0.1) is 0 Å². The summed E-state index contributed by atoms with van der Waals surface area (Å²) in [4.78, 5) is 40.9. The molecule has 0 aliphatic carbocycles. The fourth-order valence-corrected chi connectivity index (χ4v) is 3.88. The van der Waals surface area contributed by atoms with E-state index >= 15 is 0 Å². The summed E-state index contributed by atoms with van der Waals surface area (Å²) in [5.41, 5.74) is 2.48. The van der Waals surface area contributed by atoms with Crippen molar-refractivity contribution in [2.45, 2.75) is 19.4 Å². The van der Waals surface area contributed by atoms with Gasteiger partial charge in [-0.25, -0.2) is 9.78 Å². The van der Waals surface area contributed by atoms with Crippen LogP contribution in [0.15, 0.2) is 63.4 Å².